The molecular weight excluding hydrogens is 745 g/mol. The van der Waals surface area contributed by atoms with Crippen LogP contribution in [0.15, 0.2) is 78.0 Å². The van der Waals surface area contributed by atoms with Crippen LogP contribution < -0.4 is 10.9 Å². The molecule has 0 saturated heterocycles. The van der Waals surface area contributed by atoms with Crippen molar-refractivity contribution in [3.8, 4) is 34.2 Å². The van der Waals surface area contributed by atoms with Crippen LogP contribution in [0.4, 0.5) is 26.3 Å². The summed E-state index contributed by atoms with van der Waals surface area (Å²) in [7, 11) is 0. The molecule has 0 N–H and O–H groups in total. The molecule has 242 valence electrons. The number of rotatable bonds is 4. The van der Waals surface area contributed by atoms with E-state index >= 15 is 0 Å². The number of aromatic nitrogens is 4. The van der Waals surface area contributed by atoms with Gasteiger partial charge in [-0.3, -0.25) is 18.7 Å². The number of nitrogens with zero attached hydrogens (tertiary/aromatic N) is 4. The Morgan fingerprint density at radius 1 is 0.660 bits per heavy atom. The van der Waals surface area contributed by atoms with E-state index in [1.165, 1.54) is 27.5 Å². The van der Waals surface area contributed by atoms with Crippen LogP contribution in [0.25, 0.3) is 34.2 Å². The molecule has 0 spiro atoms. The summed E-state index contributed by atoms with van der Waals surface area (Å²) >= 11 is 14.7. The fourth-order valence-electron chi connectivity index (χ4n) is 4.35. The molecule has 4 aromatic heterocycles. The average molecular weight is 760 g/mol. The van der Waals surface area contributed by atoms with E-state index in [4.69, 9.17) is 32.2 Å². The molecule has 17 heteroatoms. The highest BCUT2D eigenvalue weighted by Gasteiger charge is 2.24. The summed E-state index contributed by atoms with van der Waals surface area (Å²) in [6.45, 7) is 3.24. The fraction of sp³-hybridized carbons (Fsp3) is 0.0667. The van der Waals surface area contributed by atoms with Crippen LogP contribution in [-0.2, 0) is 0 Å². The first-order valence-corrected chi connectivity index (χ1v) is 14.4. The summed E-state index contributed by atoms with van der Waals surface area (Å²) in [6, 6.07) is 6.00. The van der Waals surface area contributed by atoms with Crippen molar-refractivity contribution >= 4 is 39.1 Å². The Bertz CT molecular complexity index is 2260. The zero-order valence-electron chi connectivity index (χ0n) is 23.5. The molecule has 2 aromatic carbocycles. The minimum absolute atomic E-state index is 0.147. The van der Waals surface area contributed by atoms with Crippen LogP contribution in [0.1, 0.15) is 11.5 Å². The minimum Gasteiger partial charge on any atom is -0.360 e. The van der Waals surface area contributed by atoms with Crippen molar-refractivity contribution in [1.82, 2.24) is 19.4 Å². The highest BCUT2D eigenvalue weighted by atomic mass is 79.9. The molecule has 0 fully saturated rings. The number of hydrogen-bond acceptors (Lipinski definition) is 6. The van der Waals surface area contributed by atoms with Crippen LogP contribution in [0, 0.1) is 48.8 Å². The third kappa shape index (κ3) is 6.77. The molecule has 0 unspecified atom stereocenters. The summed E-state index contributed by atoms with van der Waals surface area (Å²) in [5.74, 6) is -5.61. The van der Waals surface area contributed by atoms with Gasteiger partial charge in [-0.05, 0) is 29.8 Å². The predicted molar refractivity (Wildman–Crippen MR) is 162 cm³/mol. The van der Waals surface area contributed by atoms with Gasteiger partial charge in [-0.15, -0.1) is 0 Å². The van der Waals surface area contributed by atoms with Crippen LogP contribution in [0.3, 0.4) is 0 Å². The lowest BCUT2D eigenvalue weighted by Gasteiger charge is -2.15. The first-order chi connectivity index (χ1) is 22.2. The maximum atomic E-state index is 14.2. The van der Waals surface area contributed by atoms with E-state index in [0.29, 0.717) is 35.8 Å². The van der Waals surface area contributed by atoms with Crippen molar-refractivity contribution in [3.63, 3.8) is 0 Å². The fourth-order valence-corrected chi connectivity index (χ4v) is 5.41. The Morgan fingerprint density at radius 3 is 1.57 bits per heavy atom. The van der Waals surface area contributed by atoms with Crippen LogP contribution in [0.5, 0.6) is 0 Å². The molecule has 0 saturated carbocycles. The quantitative estimate of drug-likeness (QED) is 0.167. The van der Waals surface area contributed by atoms with E-state index in [1.54, 1.807) is 13.8 Å². The summed E-state index contributed by atoms with van der Waals surface area (Å²) in [5, 5.41) is 7.11. The number of aryl methyl sites for hydroxylation is 2. The smallest absolute Gasteiger partial charge is 0.214 e. The second-order valence-corrected chi connectivity index (χ2v) is 11.3. The molecule has 0 aliphatic heterocycles. The molecule has 0 amide bonds. The van der Waals surface area contributed by atoms with Crippen molar-refractivity contribution in [1.29, 1.82) is 0 Å². The van der Waals surface area contributed by atoms with Gasteiger partial charge in [0.2, 0.25) is 10.9 Å². The molecule has 0 radical (unpaired) electrons. The molecule has 8 nitrogen and oxygen atoms in total. The van der Waals surface area contributed by atoms with E-state index in [9.17, 15) is 35.9 Å². The number of benzene rings is 2. The van der Waals surface area contributed by atoms with E-state index in [0.717, 1.165) is 12.3 Å². The van der Waals surface area contributed by atoms with Gasteiger partial charge in [0.05, 0.1) is 27.0 Å². The molecule has 0 bridgehead atoms. The van der Waals surface area contributed by atoms with Crippen molar-refractivity contribution in [2.24, 2.45) is 0 Å². The first-order valence-electron chi connectivity index (χ1n) is 12.9. The summed E-state index contributed by atoms with van der Waals surface area (Å²) in [4.78, 5) is 23.9. The zero-order valence-corrected chi connectivity index (χ0v) is 26.6. The molecule has 6 rings (SSSR count). The number of halogens is 9. The van der Waals surface area contributed by atoms with Crippen LogP contribution in [-0.4, -0.2) is 19.4 Å². The van der Waals surface area contributed by atoms with Gasteiger partial charge < -0.3 is 9.05 Å². The topological polar surface area (TPSA) is 96.1 Å². The van der Waals surface area contributed by atoms with E-state index in [2.05, 4.69) is 26.2 Å². The Balaban J connectivity index is 0.000000185. The third-order valence-electron chi connectivity index (χ3n) is 6.34. The van der Waals surface area contributed by atoms with E-state index < -0.39 is 56.9 Å². The minimum atomic E-state index is -1.18. The van der Waals surface area contributed by atoms with Crippen molar-refractivity contribution in [3.05, 3.63) is 136 Å². The van der Waals surface area contributed by atoms with Gasteiger partial charge in [0, 0.05) is 54.9 Å². The summed E-state index contributed by atoms with van der Waals surface area (Å²) < 4.78 is 94.9. The van der Waals surface area contributed by atoms with Crippen molar-refractivity contribution in [2.75, 3.05) is 0 Å². The zero-order chi connectivity index (χ0) is 34.3. The lowest BCUT2D eigenvalue weighted by Crippen LogP contribution is -2.13. The largest absolute Gasteiger partial charge is 0.360 e. The molecule has 6 aromatic rings. The van der Waals surface area contributed by atoms with Gasteiger partial charge in [-0.1, -0.05) is 33.5 Å². The maximum Gasteiger partial charge on any atom is 0.214 e. The Morgan fingerprint density at radius 2 is 1.11 bits per heavy atom. The van der Waals surface area contributed by atoms with Crippen molar-refractivity contribution < 1.29 is 35.4 Å². The van der Waals surface area contributed by atoms with Gasteiger partial charge in [0.25, 0.3) is 0 Å². The Hall–Kier alpha value is -4.60. The van der Waals surface area contributed by atoms with Gasteiger partial charge >= 0.3 is 0 Å². The SMILES string of the molecule is Cc1cc(-n2cc(Cl)c(=O)c(Br)c2-c2c(F)cc(F)cc2F)no1.Cc1cc(-n2cc(Cl)c(=O)cc2-c2c(F)cc(F)cc2F)no1. The number of hydrogen-bond donors (Lipinski definition) is 0. The molecule has 47 heavy (non-hydrogen) atoms. The maximum absolute atomic E-state index is 14.2. The van der Waals surface area contributed by atoms with Crippen molar-refractivity contribution in [2.45, 2.75) is 13.8 Å². The average Bonchev–Trinajstić information content (AvgIpc) is 3.61. The molecule has 0 aliphatic carbocycles. The normalized spacial score (nSPS) is 11.0. The third-order valence-corrected chi connectivity index (χ3v) is 7.63. The molecule has 4 heterocycles. The Kier molecular flexibility index (Phi) is 9.52. The second-order valence-electron chi connectivity index (χ2n) is 9.66. The lowest BCUT2D eigenvalue weighted by atomic mass is 10.1. The first kappa shape index (κ1) is 33.8. The second kappa shape index (κ2) is 13.3. The van der Waals surface area contributed by atoms with Crippen LogP contribution >= 0.6 is 39.1 Å². The van der Waals surface area contributed by atoms with E-state index in [-0.39, 0.29) is 37.5 Å². The highest BCUT2D eigenvalue weighted by Crippen LogP contribution is 2.34. The lowest BCUT2D eigenvalue weighted by molar-refractivity contribution is 0.395. The molecular formula is C30H15BrCl2F6N4O4. The molecule has 0 aliphatic rings. The molecule has 0 atom stereocenters. The van der Waals surface area contributed by atoms with Crippen LogP contribution in [0.2, 0.25) is 10.0 Å². The number of pyridine rings is 2. The highest BCUT2D eigenvalue weighted by molar-refractivity contribution is 9.10. The predicted octanol–water partition coefficient (Wildman–Crippen LogP) is 8.51. The van der Waals surface area contributed by atoms with Gasteiger partial charge in [0.15, 0.2) is 11.6 Å². The van der Waals surface area contributed by atoms with Gasteiger partial charge in [-0.25, -0.2) is 26.3 Å². The monoisotopic (exact) mass is 758 g/mol. The Labute approximate surface area is 277 Å². The van der Waals surface area contributed by atoms with Gasteiger partial charge in [-0.2, -0.15) is 0 Å². The summed E-state index contributed by atoms with van der Waals surface area (Å²) in [6.07, 6.45) is 2.32. The standard InChI is InChI=1S/C15H7BrClF3N2O2.C15H8ClF3N2O2/c1-6-2-11(21-24-6)22-5-8(17)15(23)13(16)14(22)12-9(19)3-7(18)4-10(12)20;1-7-2-14(20-23-7)21-6-9(16)13(22)5-12(21)15-10(18)3-8(17)4-11(15)19/h2-5H,1H3;2-6H,1H3. The van der Waals surface area contributed by atoms with E-state index in [1.807, 2.05) is 0 Å². The summed E-state index contributed by atoms with van der Waals surface area (Å²) in [5.41, 5.74) is -2.85. The van der Waals surface area contributed by atoms with Gasteiger partial charge in [0.1, 0.15) is 56.5 Å².